The number of para-hydroxylation sites is 1. The molecule has 0 aliphatic rings. The monoisotopic (exact) mass is 321 g/mol. The van der Waals surface area contributed by atoms with E-state index >= 15 is 0 Å². The lowest BCUT2D eigenvalue weighted by atomic mass is 10.1. The first kappa shape index (κ1) is 13.9. The topological polar surface area (TPSA) is 55.5 Å². The average molecular weight is 322 g/mol. The summed E-state index contributed by atoms with van der Waals surface area (Å²) >= 11 is 3.43. The standard InChI is InChI=1S/C15H16BrNO2/c1-10-8-11(6-7-13(10)16)19-9-15(18)12-4-2-3-5-14(12)17/h2-8,15,18H,9,17H2,1H3. The Morgan fingerprint density at radius 2 is 2.00 bits per heavy atom. The van der Waals surface area contributed by atoms with Gasteiger partial charge in [0.15, 0.2) is 0 Å². The second kappa shape index (κ2) is 6.08. The van der Waals surface area contributed by atoms with E-state index in [4.69, 9.17) is 10.5 Å². The van der Waals surface area contributed by atoms with E-state index in [1.807, 2.05) is 37.3 Å². The van der Waals surface area contributed by atoms with Gasteiger partial charge in [-0.3, -0.25) is 0 Å². The Hall–Kier alpha value is -1.52. The van der Waals surface area contributed by atoms with Crippen molar-refractivity contribution in [3.8, 4) is 5.75 Å². The van der Waals surface area contributed by atoms with Crippen molar-refractivity contribution < 1.29 is 9.84 Å². The Balaban J connectivity index is 2.02. The molecule has 0 amide bonds. The van der Waals surface area contributed by atoms with Gasteiger partial charge in [-0.05, 0) is 36.8 Å². The molecule has 0 radical (unpaired) electrons. The van der Waals surface area contributed by atoms with Gasteiger partial charge in [-0.2, -0.15) is 0 Å². The van der Waals surface area contributed by atoms with Gasteiger partial charge in [0.1, 0.15) is 18.5 Å². The molecule has 2 aromatic rings. The van der Waals surface area contributed by atoms with Crippen LogP contribution in [0.2, 0.25) is 0 Å². The Labute approximate surface area is 121 Å². The molecule has 1 unspecified atom stereocenters. The van der Waals surface area contributed by atoms with E-state index in [1.165, 1.54) is 0 Å². The first-order chi connectivity index (χ1) is 9.08. The first-order valence-electron chi connectivity index (χ1n) is 5.99. The van der Waals surface area contributed by atoms with Crippen LogP contribution in [0.4, 0.5) is 5.69 Å². The Kier molecular flexibility index (Phi) is 4.45. The quantitative estimate of drug-likeness (QED) is 0.848. The number of aliphatic hydroxyl groups excluding tert-OH is 1. The molecule has 0 bridgehead atoms. The predicted octanol–water partition coefficient (Wildman–Crippen LogP) is 3.45. The van der Waals surface area contributed by atoms with Crippen molar-refractivity contribution in [2.24, 2.45) is 0 Å². The van der Waals surface area contributed by atoms with Crippen LogP contribution in [-0.4, -0.2) is 11.7 Å². The van der Waals surface area contributed by atoms with Crippen LogP contribution in [0.1, 0.15) is 17.2 Å². The zero-order valence-electron chi connectivity index (χ0n) is 10.6. The van der Waals surface area contributed by atoms with E-state index in [1.54, 1.807) is 12.1 Å². The maximum atomic E-state index is 10.1. The Bertz CT molecular complexity index is 572. The number of nitrogen functional groups attached to an aromatic ring is 1. The fourth-order valence-electron chi connectivity index (χ4n) is 1.79. The van der Waals surface area contributed by atoms with Crippen molar-refractivity contribution in [2.45, 2.75) is 13.0 Å². The van der Waals surface area contributed by atoms with Crippen LogP contribution in [0.25, 0.3) is 0 Å². The highest BCUT2D eigenvalue weighted by Crippen LogP contribution is 2.24. The number of nitrogens with two attached hydrogens (primary N) is 1. The van der Waals surface area contributed by atoms with Crippen molar-refractivity contribution in [1.82, 2.24) is 0 Å². The third-order valence-corrected chi connectivity index (χ3v) is 3.78. The molecule has 0 saturated carbocycles. The third kappa shape index (κ3) is 3.49. The van der Waals surface area contributed by atoms with E-state index in [0.29, 0.717) is 11.3 Å². The maximum absolute atomic E-state index is 10.1. The number of benzene rings is 2. The summed E-state index contributed by atoms with van der Waals surface area (Å²) in [7, 11) is 0. The van der Waals surface area contributed by atoms with Crippen molar-refractivity contribution >= 4 is 21.6 Å². The van der Waals surface area contributed by atoms with Crippen LogP contribution in [0.5, 0.6) is 5.75 Å². The van der Waals surface area contributed by atoms with Gasteiger partial charge < -0.3 is 15.6 Å². The van der Waals surface area contributed by atoms with Gasteiger partial charge in [0.05, 0.1) is 0 Å². The fraction of sp³-hybridized carbons (Fsp3) is 0.200. The molecule has 0 aromatic heterocycles. The lowest BCUT2D eigenvalue weighted by Crippen LogP contribution is -2.11. The van der Waals surface area contributed by atoms with E-state index in [0.717, 1.165) is 15.8 Å². The number of aryl methyl sites for hydroxylation is 1. The number of halogens is 1. The van der Waals surface area contributed by atoms with Gasteiger partial charge in [-0.25, -0.2) is 0 Å². The minimum Gasteiger partial charge on any atom is -0.491 e. The molecule has 0 spiro atoms. The molecule has 3 N–H and O–H groups in total. The fourth-order valence-corrected chi connectivity index (χ4v) is 2.03. The minimum absolute atomic E-state index is 0.176. The summed E-state index contributed by atoms with van der Waals surface area (Å²) in [4.78, 5) is 0. The van der Waals surface area contributed by atoms with Crippen molar-refractivity contribution in [2.75, 3.05) is 12.3 Å². The predicted molar refractivity (Wildman–Crippen MR) is 80.2 cm³/mol. The number of anilines is 1. The van der Waals surface area contributed by atoms with Gasteiger partial charge >= 0.3 is 0 Å². The first-order valence-corrected chi connectivity index (χ1v) is 6.78. The van der Waals surface area contributed by atoms with Crippen LogP contribution < -0.4 is 10.5 Å². The molecule has 0 aliphatic carbocycles. The summed E-state index contributed by atoms with van der Waals surface area (Å²) in [5, 5.41) is 10.1. The minimum atomic E-state index is -0.731. The van der Waals surface area contributed by atoms with E-state index < -0.39 is 6.10 Å². The highest BCUT2D eigenvalue weighted by molar-refractivity contribution is 9.10. The van der Waals surface area contributed by atoms with Gasteiger partial charge in [-0.1, -0.05) is 34.1 Å². The van der Waals surface area contributed by atoms with Crippen LogP contribution in [0.15, 0.2) is 46.9 Å². The molecule has 0 aliphatic heterocycles. The number of hydrogen-bond acceptors (Lipinski definition) is 3. The molecule has 0 heterocycles. The van der Waals surface area contributed by atoms with Gasteiger partial charge in [0.25, 0.3) is 0 Å². The Morgan fingerprint density at radius 3 is 2.68 bits per heavy atom. The summed E-state index contributed by atoms with van der Waals surface area (Å²) in [5.41, 5.74) is 8.17. The lowest BCUT2D eigenvalue weighted by molar-refractivity contribution is 0.109. The Morgan fingerprint density at radius 1 is 1.26 bits per heavy atom. The number of aliphatic hydroxyl groups is 1. The normalized spacial score (nSPS) is 12.2. The average Bonchev–Trinajstić information content (AvgIpc) is 2.40. The molecular formula is C15H16BrNO2. The van der Waals surface area contributed by atoms with Crippen LogP contribution in [0.3, 0.4) is 0 Å². The summed E-state index contributed by atoms with van der Waals surface area (Å²) in [6, 6.07) is 13.0. The van der Waals surface area contributed by atoms with Gasteiger partial charge in [0.2, 0.25) is 0 Å². The molecule has 19 heavy (non-hydrogen) atoms. The molecule has 100 valence electrons. The maximum Gasteiger partial charge on any atom is 0.119 e. The van der Waals surface area contributed by atoms with Crippen LogP contribution >= 0.6 is 15.9 Å². The second-order valence-corrected chi connectivity index (χ2v) is 5.22. The van der Waals surface area contributed by atoms with Crippen LogP contribution in [0, 0.1) is 6.92 Å². The second-order valence-electron chi connectivity index (χ2n) is 4.37. The summed E-state index contributed by atoms with van der Waals surface area (Å²) in [6.07, 6.45) is -0.731. The SMILES string of the molecule is Cc1cc(OCC(O)c2ccccc2N)ccc1Br. The molecule has 2 rings (SSSR count). The summed E-state index contributed by atoms with van der Waals surface area (Å²) in [5.74, 6) is 0.731. The van der Waals surface area contributed by atoms with Crippen molar-refractivity contribution in [1.29, 1.82) is 0 Å². The van der Waals surface area contributed by atoms with Crippen molar-refractivity contribution in [3.63, 3.8) is 0 Å². The van der Waals surface area contributed by atoms with Crippen molar-refractivity contribution in [3.05, 3.63) is 58.1 Å². The molecular weight excluding hydrogens is 306 g/mol. The number of hydrogen-bond donors (Lipinski definition) is 2. The van der Waals surface area contributed by atoms with E-state index in [2.05, 4.69) is 15.9 Å². The van der Waals surface area contributed by atoms with Gasteiger partial charge in [0, 0.05) is 15.7 Å². The molecule has 0 fully saturated rings. The van der Waals surface area contributed by atoms with Crippen LogP contribution in [-0.2, 0) is 0 Å². The third-order valence-electron chi connectivity index (χ3n) is 2.89. The molecule has 4 heteroatoms. The molecule has 2 aromatic carbocycles. The summed E-state index contributed by atoms with van der Waals surface area (Å²) < 4.78 is 6.62. The highest BCUT2D eigenvalue weighted by atomic mass is 79.9. The number of rotatable bonds is 4. The summed E-state index contributed by atoms with van der Waals surface area (Å²) in [6.45, 7) is 2.16. The number of ether oxygens (including phenoxy) is 1. The zero-order valence-corrected chi connectivity index (χ0v) is 12.2. The zero-order chi connectivity index (χ0) is 13.8. The smallest absolute Gasteiger partial charge is 0.119 e. The van der Waals surface area contributed by atoms with E-state index in [9.17, 15) is 5.11 Å². The highest BCUT2D eigenvalue weighted by Gasteiger charge is 2.11. The van der Waals surface area contributed by atoms with Gasteiger partial charge in [-0.15, -0.1) is 0 Å². The molecule has 1 atom stereocenters. The molecule has 0 saturated heterocycles. The largest absolute Gasteiger partial charge is 0.491 e. The lowest BCUT2D eigenvalue weighted by Gasteiger charge is -2.15. The molecule has 3 nitrogen and oxygen atoms in total. The van der Waals surface area contributed by atoms with E-state index in [-0.39, 0.29) is 6.61 Å².